The van der Waals surface area contributed by atoms with E-state index in [2.05, 4.69) is 21.2 Å². The number of carboxylic acid groups (broad SMARTS) is 1. The number of carboxylic acids is 1. The summed E-state index contributed by atoms with van der Waals surface area (Å²) >= 11 is 3.24. The molecule has 0 saturated heterocycles. The van der Waals surface area contributed by atoms with Gasteiger partial charge in [-0.05, 0) is 41.1 Å². The second kappa shape index (κ2) is 6.91. The molecule has 0 spiro atoms. The molecule has 0 bridgehead atoms. The number of amides is 2. The number of benzene rings is 1. The molecular weight excluding hydrogens is 326 g/mol. The van der Waals surface area contributed by atoms with Gasteiger partial charge < -0.3 is 15.3 Å². The van der Waals surface area contributed by atoms with Gasteiger partial charge in [0.2, 0.25) is 0 Å². The van der Waals surface area contributed by atoms with Crippen LogP contribution in [0.3, 0.4) is 0 Å². The molecule has 7 heteroatoms. The number of nitrogens with one attached hydrogen (secondary N) is 1. The molecule has 2 amide bonds. The molecule has 1 aromatic carbocycles. The number of carbonyl (C=O) groups excluding carboxylic acids is 1. The van der Waals surface area contributed by atoms with Crippen LogP contribution in [0.4, 0.5) is 10.5 Å². The number of hydrogen-bond donors (Lipinski definition) is 2. The van der Waals surface area contributed by atoms with Gasteiger partial charge in [-0.3, -0.25) is 0 Å². The second-order valence-corrected chi connectivity index (χ2v) is 5.19. The molecular formula is C13H14BrN3O3. The van der Waals surface area contributed by atoms with Gasteiger partial charge in [-0.1, -0.05) is 0 Å². The van der Waals surface area contributed by atoms with Crippen molar-refractivity contribution < 1.29 is 14.7 Å². The van der Waals surface area contributed by atoms with Crippen LogP contribution in [0.5, 0.6) is 0 Å². The van der Waals surface area contributed by atoms with Crippen LogP contribution in [-0.2, 0) is 0 Å². The fourth-order valence-corrected chi connectivity index (χ4v) is 1.85. The van der Waals surface area contributed by atoms with Crippen LogP contribution in [0.1, 0.15) is 17.3 Å². The Morgan fingerprint density at radius 2 is 2.20 bits per heavy atom. The molecule has 106 valence electrons. The van der Waals surface area contributed by atoms with Crippen LogP contribution >= 0.6 is 15.9 Å². The van der Waals surface area contributed by atoms with Crippen LogP contribution in [-0.4, -0.2) is 35.6 Å². The van der Waals surface area contributed by atoms with Crippen molar-refractivity contribution in [3.05, 3.63) is 28.2 Å². The van der Waals surface area contributed by atoms with Gasteiger partial charge in [0.15, 0.2) is 0 Å². The van der Waals surface area contributed by atoms with Crippen LogP contribution < -0.4 is 5.32 Å². The summed E-state index contributed by atoms with van der Waals surface area (Å²) in [4.78, 5) is 24.2. The first-order valence-electron chi connectivity index (χ1n) is 5.79. The van der Waals surface area contributed by atoms with E-state index in [9.17, 15) is 9.59 Å². The number of rotatable bonds is 4. The summed E-state index contributed by atoms with van der Waals surface area (Å²) in [6, 6.07) is 5.99. The minimum atomic E-state index is -1.07. The first-order valence-corrected chi connectivity index (χ1v) is 6.59. The smallest absolute Gasteiger partial charge is 0.335 e. The van der Waals surface area contributed by atoms with Crippen molar-refractivity contribution in [2.75, 3.05) is 18.9 Å². The van der Waals surface area contributed by atoms with E-state index >= 15 is 0 Å². The summed E-state index contributed by atoms with van der Waals surface area (Å²) < 4.78 is 0.581. The second-order valence-electron chi connectivity index (χ2n) is 4.34. The summed E-state index contributed by atoms with van der Waals surface area (Å²) in [5, 5.41) is 20.2. The van der Waals surface area contributed by atoms with E-state index in [0.717, 1.165) is 0 Å². The van der Waals surface area contributed by atoms with Crippen LogP contribution in [0.15, 0.2) is 22.7 Å². The molecule has 1 unspecified atom stereocenters. The maximum absolute atomic E-state index is 11.9. The van der Waals surface area contributed by atoms with Gasteiger partial charge in [0.25, 0.3) is 0 Å². The van der Waals surface area contributed by atoms with E-state index in [0.29, 0.717) is 16.7 Å². The zero-order chi connectivity index (χ0) is 15.3. The predicted molar refractivity (Wildman–Crippen MR) is 77.5 cm³/mol. The third-order valence-electron chi connectivity index (χ3n) is 2.57. The lowest BCUT2D eigenvalue weighted by molar-refractivity contribution is 0.0697. The Labute approximate surface area is 125 Å². The van der Waals surface area contributed by atoms with Crippen molar-refractivity contribution >= 4 is 33.6 Å². The Morgan fingerprint density at radius 3 is 2.75 bits per heavy atom. The number of aromatic carboxylic acids is 1. The molecule has 2 N–H and O–H groups in total. The number of halogens is 1. The molecule has 20 heavy (non-hydrogen) atoms. The molecule has 0 aliphatic rings. The normalized spacial score (nSPS) is 11.3. The number of nitrogens with zero attached hydrogens (tertiary/aromatic N) is 2. The van der Waals surface area contributed by atoms with Gasteiger partial charge in [-0.2, -0.15) is 5.26 Å². The van der Waals surface area contributed by atoms with E-state index in [1.54, 1.807) is 20.0 Å². The molecule has 0 saturated carbocycles. The minimum absolute atomic E-state index is 0.0801. The predicted octanol–water partition coefficient (Wildman–Crippen LogP) is 2.77. The standard InChI is InChI=1S/C13H14BrN3O3/c1-8(6-15)7-17(2)13(20)16-11-5-9(12(18)19)3-4-10(11)14/h3-5,8H,7H2,1-2H3,(H,16,20)(H,18,19). The number of hydrogen-bond acceptors (Lipinski definition) is 3. The van der Waals surface area contributed by atoms with E-state index in [-0.39, 0.29) is 11.5 Å². The molecule has 6 nitrogen and oxygen atoms in total. The molecule has 0 radical (unpaired) electrons. The lowest BCUT2D eigenvalue weighted by atomic mass is 10.2. The Hall–Kier alpha value is -2.07. The van der Waals surface area contributed by atoms with Crippen molar-refractivity contribution in [1.82, 2.24) is 4.90 Å². The van der Waals surface area contributed by atoms with Crippen molar-refractivity contribution in [2.45, 2.75) is 6.92 Å². The van der Waals surface area contributed by atoms with Crippen LogP contribution in [0.2, 0.25) is 0 Å². The topological polar surface area (TPSA) is 93.4 Å². The number of anilines is 1. The molecule has 0 aromatic heterocycles. The third kappa shape index (κ3) is 4.24. The van der Waals surface area contributed by atoms with E-state index in [4.69, 9.17) is 10.4 Å². The fourth-order valence-electron chi connectivity index (χ4n) is 1.50. The summed E-state index contributed by atoms with van der Waals surface area (Å²) in [5.41, 5.74) is 0.447. The van der Waals surface area contributed by atoms with Crippen molar-refractivity contribution in [2.24, 2.45) is 5.92 Å². The van der Waals surface area contributed by atoms with E-state index in [1.807, 2.05) is 6.07 Å². The monoisotopic (exact) mass is 339 g/mol. The summed E-state index contributed by atoms with van der Waals surface area (Å²) in [6.45, 7) is 2.00. The van der Waals surface area contributed by atoms with Crippen LogP contribution in [0, 0.1) is 17.2 Å². The minimum Gasteiger partial charge on any atom is -0.478 e. The Balaban J connectivity index is 2.82. The molecule has 1 atom stereocenters. The third-order valence-corrected chi connectivity index (χ3v) is 3.26. The first kappa shape index (κ1) is 16.0. The quantitative estimate of drug-likeness (QED) is 0.881. The zero-order valence-corrected chi connectivity index (χ0v) is 12.6. The summed E-state index contributed by atoms with van der Waals surface area (Å²) in [7, 11) is 1.57. The molecule has 1 rings (SSSR count). The summed E-state index contributed by atoms with van der Waals surface area (Å²) in [5.74, 6) is -1.35. The highest BCUT2D eigenvalue weighted by molar-refractivity contribution is 9.10. The molecule has 1 aromatic rings. The number of carbonyl (C=O) groups is 2. The molecule has 0 heterocycles. The van der Waals surface area contributed by atoms with Gasteiger partial charge in [0.1, 0.15) is 0 Å². The Bertz CT molecular complexity index is 568. The lowest BCUT2D eigenvalue weighted by Crippen LogP contribution is -2.34. The van der Waals surface area contributed by atoms with Crippen molar-refractivity contribution in [3.8, 4) is 6.07 Å². The number of urea groups is 1. The molecule has 0 fully saturated rings. The maximum atomic E-state index is 11.9. The van der Waals surface area contributed by atoms with E-state index in [1.165, 1.54) is 17.0 Å². The highest BCUT2D eigenvalue weighted by Crippen LogP contribution is 2.24. The van der Waals surface area contributed by atoms with Gasteiger partial charge in [-0.15, -0.1) is 0 Å². The fraction of sp³-hybridized carbons (Fsp3) is 0.308. The molecule has 0 aliphatic heterocycles. The van der Waals surface area contributed by atoms with Gasteiger partial charge in [0, 0.05) is 18.1 Å². The zero-order valence-electron chi connectivity index (χ0n) is 11.1. The number of nitriles is 1. The highest BCUT2D eigenvalue weighted by atomic mass is 79.9. The largest absolute Gasteiger partial charge is 0.478 e. The maximum Gasteiger partial charge on any atom is 0.335 e. The average Bonchev–Trinajstić information content (AvgIpc) is 2.40. The van der Waals surface area contributed by atoms with Gasteiger partial charge >= 0.3 is 12.0 Å². The summed E-state index contributed by atoms with van der Waals surface area (Å²) in [6.07, 6.45) is 0. The SMILES string of the molecule is CC(C#N)CN(C)C(=O)Nc1cc(C(=O)O)ccc1Br. The first-order chi connectivity index (χ1) is 9.35. The van der Waals surface area contributed by atoms with Gasteiger partial charge in [-0.25, -0.2) is 9.59 Å². The van der Waals surface area contributed by atoms with E-state index < -0.39 is 12.0 Å². The van der Waals surface area contributed by atoms with Crippen LogP contribution in [0.25, 0.3) is 0 Å². The lowest BCUT2D eigenvalue weighted by Gasteiger charge is -2.19. The highest BCUT2D eigenvalue weighted by Gasteiger charge is 2.14. The average molecular weight is 340 g/mol. The Kier molecular flexibility index (Phi) is 5.53. The van der Waals surface area contributed by atoms with Crippen molar-refractivity contribution in [1.29, 1.82) is 5.26 Å². The molecule has 0 aliphatic carbocycles. The Morgan fingerprint density at radius 1 is 1.55 bits per heavy atom. The van der Waals surface area contributed by atoms with Gasteiger partial charge in [0.05, 0.1) is 23.2 Å². The van der Waals surface area contributed by atoms with Crippen molar-refractivity contribution in [3.63, 3.8) is 0 Å².